The molecule has 1 amide bonds. The van der Waals surface area contributed by atoms with Crippen LogP contribution >= 0.6 is 0 Å². The van der Waals surface area contributed by atoms with E-state index in [0.29, 0.717) is 11.8 Å². The third-order valence-corrected chi connectivity index (χ3v) is 4.55. The largest absolute Gasteiger partial charge is 0.381 e. The Labute approximate surface area is 118 Å². The number of amides is 1. The van der Waals surface area contributed by atoms with Crippen LogP contribution in [0.3, 0.4) is 0 Å². The molecular formula is C17H17NO2. The standard InChI is InChI=1S/C17H17NO2/c19-17(18-8-13-10-20-11-14(13)9-18)16-7-3-5-12-4-1-2-6-15(12)16/h1-7,13-14H,8-11H2. The molecule has 3 heteroatoms. The summed E-state index contributed by atoms with van der Waals surface area (Å²) in [4.78, 5) is 14.8. The van der Waals surface area contributed by atoms with Crippen LogP contribution in [0.1, 0.15) is 10.4 Å². The molecule has 2 aromatic carbocycles. The fraction of sp³-hybridized carbons (Fsp3) is 0.353. The molecule has 3 nitrogen and oxygen atoms in total. The topological polar surface area (TPSA) is 29.5 Å². The molecule has 2 aromatic rings. The minimum atomic E-state index is 0.163. The molecule has 0 radical (unpaired) electrons. The van der Waals surface area contributed by atoms with Gasteiger partial charge in [0.05, 0.1) is 13.2 Å². The first-order valence-electron chi connectivity index (χ1n) is 7.18. The Balaban J connectivity index is 1.68. The van der Waals surface area contributed by atoms with Crippen LogP contribution in [-0.2, 0) is 4.74 Å². The van der Waals surface area contributed by atoms with Crippen LogP contribution < -0.4 is 0 Å². The minimum Gasteiger partial charge on any atom is -0.381 e. The zero-order valence-corrected chi connectivity index (χ0v) is 11.3. The lowest BCUT2D eigenvalue weighted by Gasteiger charge is -2.18. The molecule has 20 heavy (non-hydrogen) atoms. The van der Waals surface area contributed by atoms with E-state index in [2.05, 4.69) is 12.1 Å². The SMILES string of the molecule is O=C(c1cccc2ccccc12)N1CC2COCC2C1. The van der Waals surface area contributed by atoms with E-state index in [1.165, 1.54) is 0 Å². The van der Waals surface area contributed by atoms with Crippen molar-refractivity contribution in [2.24, 2.45) is 11.8 Å². The molecule has 102 valence electrons. The van der Waals surface area contributed by atoms with Crippen molar-refractivity contribution in [2.45, 2.75) is 0 Å². The predicted octanol–water partition coefficient (Wildman–Crippen LogP) is 2.56. The van der Waals surface area contributed by atoms with Gasteiger partial charge in [0, 0.05) is 30.5 Å². The van der Waals surface area contributed by atoms with Gasteiger partial charge in [-0.3, -0.25) is 4.79 Å². The Morgan fingerprint density at radius 3 is 2.50 bits per heavy atom. The highest BCUT2D eigenvalue weighted by Gasteiger charge is 2.39. The van der Waals surface area contributed by atoms with E-state index in [-0.39, 0.29) is 5.91 Å². The van der Waals surface area contributed by atoms with Gasteiger partial charge < -0.3 is 9.64 Å². The van der Waals surface area contributed by atoms with E-state index in [0.717, 1.165) is 42.6 Å². The number of carbonyl (C=O) groups excluding carboxylic acids is 1. The van der Waals surface area contributed by atoms with Crippen LogP contribution in [0.4, 0.5) is 0 Å². The lowest BCUT2D eigenvalue weighted by molar-refractivity contribution is 0.0753. The normalized spacial score (nSPS) is 25.1. The van der Waals surface area contributed by atoms with Gasteiger partial charge >= 0.3 is 0 Å². The molecule has 2 unspecified atom stereocenters. The molecule has 4 rings (SSSR count). The molecule has 2 heterocycles. The Hall–Kier alpha value is -1.87. The Bertz CT molecular complexity index is 650. The Morgan fingerprint density at radius 1 is 1.00 bits per heavy atom. The summed E-state index contributed by atoms with van der Waals surface area (Å²) in [6, 6.07) is 14.0. The Morgan fingerprint density at radius 2 is 1.70 bits per heavy atom. The van der Waals surface area contributed by atoms with Gasteiger partial charge in [-0.15, -0.1) is 0 Å². The number of likely N-dealkylation sites (tertiary alicyclic amines) is 1. The summed E-state index contributed by atoms with van der Waals surface area (Å²) in [6.07, 6.45) is 0. The Kier molecular flexibility index (Phi) is 2.74. The van der Waals surface area contributed by atoms with Crippen LogP contribution in [0.15, 0.2) is 42.5 Å². The second-order valence-corrected chi connectivity index (χ2v) is 5.79. The van der Waals surface area contributed by atoms with Gasteiger partial charge in [-0.25, -0.2) is 0 Å². The van der Waals surface area contributed by atoms with Crippen molar-refractivity contribution >= 4 is 16.7 Å². The highest BCUT2D eigenvalue weighted by molar-refractivity contribution is 6.07. The summed E-state index contributed by atoms with van der Waals surface area (Å²) in [5.41, 5.74) is 0.823. The molecule has 2 aliphatic rings. The molecule has 0 aromatic heterocycles. The summed E-state index contributed by atoms with van der Waals surface area (Å²) in [7, 11) is 0. The summed E-state index contributed by atoms with van der Waals surface area (Å²) in [5, 5.41) is 2.18. The third kappa shape index (κ3) is 1.81. The third-order valence-electron chi connectivity index (χ3n) is 4.55. The number of fused-ring (bicyclic) bond motifs is 2. The van der Waals surface area contributed by atoms with E-state index in [1.807, 2.05) is 35.2 Å². The summed E-state index contributed by atoms with van der Waals surface area (Å²) >= 11 is 0. The highest BCUT2D eigenvalue weighted by Crippen LogP contribution is 2.31. The van der Waals surface area contributed by atoms with Crippen molar-refractivity contribution in [2.75, 3.05) is 26.3 Å². The highest BCUT2D eigenvalue weighted by atomic mass is 16.5. The first-order valence-corrected chi connectivity index (χ1v) is 7.18. The molecule has 2 saturated heterocycles. The van der Waals surface area contributed by atoms with E-state index in [9.17, 15) is 4.79 Å². The van der Waals surface area contributed by atoms with E-state index < -0.39 is 0 Å². The molecule has 2 aliphatic heterocycles. The maximum Gasteiger partial charge on any atom is 0.254 e. The molecule has 0 N–H and O–H groups in total. The van der Waals surface area contributed by atoms with Crippen molar-refractivity contribution in [1.82, 2.24) is 4.90 Å². The fourth-order valence-electron chi connectivity index (χ4n) is 3.44. The number of hydrogen-bond acceptors (Lipinski definition) is 2. The molecule has 0 spiro atoms. The zero-order valence-electron chi connectivity index (χ0n) is 11.3. The van der Waals surface area contributed by atoms with Gasteiger partial charge in [0.15, 0.2) is 0 Å². The second kappa shape index (κ2) is 4.60. The van der Waals surface area contributed by atoms with Crippen LogP contribution in [0, 0.1) is 11.8 Å². The monoisotopic (exact) mass is 267 g/mol. The van der Waals surface area contributed by atoms with Crippen LogP contribution in [0.2, 0.25) is 0 Å². The number of hydrogen-bond donors (Lipinski definition) is 0. The summed E-state index contributed by atoms with van der Waals surface area (Å²) in [6.45, 7) is 3.30. The number of carbonyl (C=O) groups is 1. The van der Waals surface area contributed by atoms with E-state index in [4.69, 9.17) is 4.74 Å². The molecule has 2 atom stereocenters. The molecule has 2 fully saturated rings. The van der Waals surface area contributed by atoms with Crippen LogP contribution in [0.25, 0.3) is 10.8 Å². The van der Waals surface area contributed by atoms with Gasteiger partial charge in [0.25, 0.3) is 5.91 Å². The lowest BCUT2D eigenvalue weighted by Crippen LogP contribution is -2.30. The summed E-state index contributed by atoms with van der Waals surface area (Å²) < 4.78 is 5.48. The van der Waals surface area contributed by atoms with Gasteiger partial charge in [0.2, 0.25) is 0 Å². The molecule has 0 saturated carbocycles. The lowest BCUT2D eigenvalue weighted by atomic mass is 10.0. The molecule has 0 aliphatic carbocycles. The summed E-state index contributed by atoms with van der Waals surface area (Å²) in [5.74, 6) is 1.24. The first kappa shape index (κ1) is 11.9. The van der Waals surface area contributed by atoms with Crippen molar-refractivity contribution in [3.63, 3.8) is 0 Å². The van der Waals surface area contributed by atoms with Crippen molar-refractivity contribution < 1.29 is 9.53 Å². The molecular weight excluding hydrogens is 250 g/mol. The quantitative estimate of drug-likeness (QED) is 0.794. The van der Waals surface area contributed by atoms with Gasteiger partial charge in [-0.05, 0) is 16.8 Å². The predicted molar refractivity (Wildman–Crippen MR) is 77.7 cm³/mol. The zero-order chi connectivity index (χ0) is 13.5. The van der Waals surface area contributed by atoms with Gasteiger partial charge in [0.1, 0.15) is 0 Å². The van der Waals surface area contributed by atoms with Crippen molar-refractivity contribution in [3.8, 4) is 0 Å². The second-order valence-electron chi connectivity index (χ2n) is 5.79. The van der Waals surface area contributed by atoms with Crippen molar-refractivity contribution in [1.29, 1.82) is 0 Å². The number of rotatable bonds is 1. The fourth-order valence-corrected chi connectivity index (χ4v) is 3.44. The smallest absolute Gasteiger partial charge is 0.254 e. The van der Waals surface area contributed by atoms with Crippen LogP contribution in [-0.4, -0.2) is 37.1 Å². The first-order chi connectivity index (χ1) is 9.83. The number of ether oxygens (including phenoxy) is 1. The van der Waals surface area contributed by atoms with E-state index in [1.54, 1.807) is 0 Å². The van der Waals surface area contributed by atoms with E-state index >= 15 is 0 Å². The van der Waals surface area contributed by atoms with Crippen molar-refractivity contribution in [3.05, 3.63) is 48.0 Å². The maximum absolute atomic E-state index is 12.8. The number of nitrogens with zero attached hydrogens (tertiary/aromatic N) is 1. The minimum absolute atomic E-state index is 0.163. The van der Waals surface area contributed by atoms with Crippen LogP contribution in [0.5, 0.6) is 0 Å². The molecule has 0 bridgehead atoms. The maximum atomic E-state index is 12.8. The van der Waals surface area contributed by atoms with Gasteiger partial charge in [-0.1, -0.05) is 36.4 Å². The average Bonchev–Trinajstić information content (AvgIpc) is 3.07. The average molecular weight is 267 g/mol. The number of benzene rings is 2. The van der Waals surface area contributed by atoms with Gasteiger partial charge in [-0.2, -0.15) is 0 Å².